The largest absolute Gasteiger partial charge is 0.493 e. The molecule has 4 heteroatoms. The summed E-state index contributed by atoms with van der Waals surface area (Å²) in [5.74, 6) is 1.54. The van der Waals surface area contributed by atoms with Gasteiger partial charge in [-0.1, -0.05) is 22.4 Å². The van der Waals surface area contributed by atoms with Gasteiger partial charge in [-0.05, 0) is 30.9 Å². The molecule has 0 spiro atoms. The Labute approximate surface area is 110 Å². The Balaban J connectivity index is 2.64. The van der Waals surface area contributed by atoms with Gasteiger partial charge in [0.2, 0.25) is 0 Å². The minimum Gasteiger partial charge on any atom is -0.493 e. The molecule has 0 bridgehead atoms. The highest BCUT2D eigenvalue weighted by molar-refractivity contribution is 9.10. The van der Waals surface area contributed by atoms with E-state index in [1.165, 1.54) is 12.0 Å². The van der Waals surface area contributed by atoms with E-state index in [9.17, 15) is 0 Å². The van der Waals surface area contributed by atoms with Crippen molar-refractivity contribution in [3.8, 4) is 11.5 Å². The van der Waals surface area contributed by atoms with Crippen molar-refractivity contribution in [3.63, 3.8) is 0 Å². The fourth-order valence-corrected chi connectivity index (χ4v) is 3.10. The summed E-state index contributed by atoms with van der Waals surface area (Å²) in [5.41, 5.74) is 8.64. The molecule has 0 saturated heterocycles. The quantitative estimate of drug-likeness (QED) is 0.853. The number of rotatable bonds is 2. The van der Waals surface area contributed by atoms with Gasteiger partial charge in [0.15, 0.2) is 11.5 Å². The molecule has 0 heterocycles. The van der Waals surface area contributed by atoms with Gasteiger partial charge in [-0.2, -0.15) is 0 Å². The van der Waals surface area contributed by atoms with Gasteiger partial charge in [-0.3, -0.25) is 0 Å². The van der Waals surface area contributed by atoms with Gasteiger partial charge in [-0.25, -0.2) is 0 Å². The van der Waals surface area contributed by atoms with E-state index in [2.05, 4.69) is 15.9 Å². The number of hydrogen-bond acceptors (Lipinski definition) is 3. The monoisotopic (exact) mass is 299 g/mol. The number of fused-ring (bicyclic) bond motifs is 1. The molecule has 1 unspecified atom stereocenters. The van der Waals surface area contributed by atoms with Crippen molar-refractivity contribution in [2.75, 3.05) is 14.2 Å². The van der Waals surface area contributed by atoms with Gasteiger partial charge in [0.05, 0.1) is 14.2 Å². The Kier molecular flexibility index (Phi) is 3.94. The van der Waals surface area contributed by atoms with E-state index in [0.29, 0.717) is 0 Å². The molecule has 1 aliphatic rings. The Morgan fingerprint density at radius 1 is 1.29 bits per heavy atom. The van der Waals surface area contributed by atoms with Crippen molar-refractivity contribution < 1.29 is 9.47 Å². The van der Waals surface area contributed by atoms with Crippen LogP contribution in [-0.4, -0.2) is 14.2 Å². The average molecular weight is 300 g/mol. The van der Waals surface area contributed by atoms with Gasteiger partial charge in [0.25, 0.3) is 0 Å². The first kappa shape index (κ1) is 12.7. The van der Waals surface area contributed by atoms with Crippen LogP contribution in [0.15, 0.2) is 10.5 Å². The number of nitrogens with two attached hydrogens (primary N) is 1. The van der Waals surface area contributed by atoms with E-state index < -0.39 is 0 Å². The summed E-state index contributed by atoms with van der Waals surface area (Å²) >= 11 is 3.61. The Morgan fingerprint density at radius 3 is 2.71 bits per heavy atom. The number of methoxy groups -OCH3 is 2. The van der Waals surface area contributed by atoms with Crippen molar-refractivity contribution in [1.82, 2.24) is 0 Å². The summed E-state index contributed by atoms with van der Waals surface area (Å²) in [4.78, 5) is 0. The summed E-state index contributed by atoms with van der Waals surface area (Å²) in [7, 11) is 3.32. The summed E-state index contributed by atoms with van der Waals surface area (Å²) in [6, 6.07) is 2.00. The minimum absolute atomic E-state index is 0.0360. The van der Waals surface area contributed by atoms with Crippen LogP contribution in [0.4, 0.5) is 0 Å². The average Bonchev–Trinajstić information content (AvgIpc) is 2.52. The van der Waals surface area contributed by atoms with E-state index in [4.69, 9.17) is 15.2 Å². The molecule has 0 fully saturated rings. The number of benzene rings is 1. The van der Waals surface area contributed by atoms with Crippen LogP contribution >= 0.6 is 15.9 Å². The molecule has 0 saturated carbocycles. The first-order valence-electron chi connectivity index (χ1n) is 5.87. The topological polar surface area (TPSA) is 44.5 Å². The molecule has 17 heavy (non-hydrogen) atoms. The van der Waals surface area contributed by atoms with E-state index in [-0.39, 0.29) is 6.04 Å². The van der Waals surface area contributed by atoms with E-state index >= 15 is 0 Å². The summed E-state index contributed by atoms with van der Waals surface area (Å²) in [6.45, 7) is 0. The summed E-state index contributed by atoms with van der Waals surface area (Å²) in [5, 5.41) is 0. The Hall–Kier alpha value is -0.740. The molecule has 2 N–H and O–H groups in total. The molecule has 3 nitrogen and oxygen atoms in total. The summed E-state index contributed by atoms with van der Waals surface area (Å²) < 4.78 is 11.9. The molecule has 0 aromatic heterocycles. The fraction of sp³-hybridized carbons (Fsp3) is 0.538. The summed E-state index contributed by atoms with van der Waals surface area (Å²) in [6.07, 6.45) is 4.38. The second-order valence-electron chi connectivity index (χ2n) is 4.34. The molecule has 0 aliphatic heterocycles. The highest BCUT2D eigenvalue weighted by Crippen LogP contribution is 2.43. The maximum atomic E-state index is 6.26. The standard InChI is InChI=1S/C13H18BrNO2/c1-16-11-7-9(14)8-5-3-4-6-10(15)12(8)13(11)17-2/h7,10H,3-6,15H2,1-2H3. The second kappa shape index (κ2) is 5.27. The second-order valence-corrected chi connectivity index (χ2v) is 5.19. The lowest BCUT2D eigenvalue weighted by atomic mass is 9.98. The van der Waals surface area contributed by atoms with Crippen LogP contribution in [0, 0.1) is 0 Å². The lowest BCUT2D eigenvalue weighted by molar-refractivity contribution is 0.348. The van der Waals surface area contributed by atoms with Gasteiger partial charge >= 0.3 is 0 Å². The van der Waals surface area contributed by atoms with Gasteiger partial charge in [0.1, 0.15) is 0 Å². The number of hydrogen-bond donors (Lipinski definition) is 1. The lowest BCUT2D eigenvalue weighted by Gasteiger charge is -2.20. The molecule has 0 radical (unpaired) electrons. The predicted octanol–water partition coefficient (Wildman–Crippen LogP) is 3.19. The Morgan fingerprint density at radius 2 is 2.06 bits per heavy atom. The predicted molar refractivity (Wildman–Crippen MR) is 71.7 cm³/mol. The molecular formula is C13H18BrNO2. The SMILES string of the molecule is COc1cc(Br)c2c(c1OC)C(N)CCCC2. The lowest BCUT2D eigenvalue weighted by Crippen LogP contribution is -2.13. The first-order chi connectivity index (χ1) is 8.19. The molecule has 1 aliphatic carbocycles. The highest BCUT2D eigenvalue weighted by atomic mass is 79.9. The highest BCUT2D eigenvalue weighted by Gasteiger charge is 2.24. The van der Waals surface area contributed by atoms with Gasteiger partial charge < -0.3 is 15.2 Å². The molecule has 2 rings (SSSR count). The first-order valence-corrected chi connectivity index (χ1v) is 6.67. The van der Waals surface area contributed by atoms with Crippen LogP contribution in [0.5, 0.6) is 11.5 Å². The molecule has 94 valence electrons. The fourth-order valence-electron chi connectivity index (χ4n) is 2.48. The van der Waals surface area contributed by atoms with Crippen LogP contribution in [0.25, 0.3) is 0 Å². The molecule has 1 atom stereocenters. The van der Waals surface area contributed by atoms with Crippen molar-refractivity contribution in [1.29, 1.82) is 0 Å². The van der Waals surface area contributed by atoms with Crippen LogP contribution < -0.4 is 15.2 Å². The third-order valence-electron chi connectivity index (χ3n) is 3.33. The zero-order valence-corrected chi connectivity index (χ0v) is 11.8. The maximum absolute atomic E-state index is 6.26. The van der Waals surface area contributed by atoms with Crippen molar-refractivity contribution in [2.45, 2.75) is 31.7 Å². The number of ether oxygens (including phenoxy) is 2. The zero-order valence-electron chi connectivity index (χ0n) is 10.3. The normalized spacial score (nSPS) is 19.4. The molecular weight excluding hydrogens is 282 g/mol. The smallest absolute Gasteiger partial charge is 0.165 e. The van der Waals surface area contributed by atoms with Crippen LogP contribution in [0.1, 0.15) is 36.4 Å². The minimum atomic E-state index is 0.0360. The van der Waals surface area contributed by atoms with E-state index in [0.717, 1.165) is 40.8 Å². The van der Waals surface area contributed by atoms with Crippen LogP contribution in [0.2, 0.25) is 0 Å². The number of halogens is 1. The van der Waals surface area contributed by atoms with Crippen LogP contribution in [-0.2, 0) is 6.42 Å². The van der Waals surface area contributed by atoms with Crippen molar-refractivity contribution in [2.24, 2.45) is 5.73 Å². The van der Waals surface area contributed by atoms with Crippen molar-refractivity contribution in [3.05, 3.63) is 21.7 Å². The molecule has 1 aromatic rings. The third kappa shape index (κ3) is 2.29. The maximum Gasteiger partial charge on any atom is 0.165 e. The molecule has 1 aromatic carbocycles. The van der Waals surface area contributed by atoms with Gasteiger partial charge in [0, 0.05) is 16.1 Å². The zero-order chi connectivity index (χ0) is 12.4. The van der Waals surface area contributed by atoms with Gasteiger partial charge in [-0.15, -0.1) is 0 Å². The van der Waals surface area contributed by atoms with Crippen LogP contribution in [0.3, 0.4) is 0 Å². The Bertz CT molecular complexity index is 420. The van der Waals surface area contributed by atoms with Crippen molar-refractivity contribution >= 4 is 15.9 Å². The van der Waals surface area contributed by atoms with E-state index in [1.807, 2.05) is 6.07 Å². The third-order valence-corrected chi connectivity index (χ3v) is 4.03. The molecule has 0 amide bonds. The van der Waals surface area contributed by atoms with E-state index in [1.54, 1.807) is 14.2 Å².